The third kappa shape index (κ3) is 2.73. The van der Waals surface area contributed by atoms with E-state index in [-0.39, 0.29) is 5.56 Å². The number of benzene rings is 1. The van der Waals surface area contributed by atoms with Crippen molar-refractivity contribution >= 4 is 28.8 Å². The lowest BCUT2D eigenvalue weighted by Gasteiger charge is -2.02. The smallest absolute Gasteiger partial charge is 0.335 e. The molecule has 1 N–H and O–H groups in total. The quantitative estimate of drug-likeness (QED) is 0.588. The Morgan fingerprint density at radius 1 is 1.29 bits per heavy atom. The number of thioether (sulfide) groups is 1. The van der Waals surface area contributed by atoms with E-state index in [4.69, 9.17) is 5.11 Å². The van der Waals surface area contributed by atoms with Crippen LogP contribution in [0.15, 0.2) is 41.8 Å². The maximum Gasteiger partial charge on any atom is 0.335 e. The Balaban J connectivity index is 1.89. The lowest BCUT2D eigenvalue weighted by Crippen LogP contribution is -2.01. The molecule has 21 heavy (non-hydrogen) atoms. The number of fused-ring (bicyclic) bond motifs is 1. The van der Waals surface area contributed by atoms with Gasteiger partial charge in [0.25, 0.3) is 0 Å². The van der Waals surface area contributed by atoms with Gasteiger partial charge in [0.05, 0.1) is 18.3 Å². The largest absolute Gasteiger partial charge is 0.478 e. The van der Waals surface area contributed by atoms with E-state index in [2.05, 4.69) is 15.1 Å². The van der Waals surface area contributed by atoms with E-state index >= 15 is 0 Å². The first-order chi connectivity index (χ1) is 10.2. The zero-order valence-electron chi connectivity index (χ0n) is 11.2. The minimum absolute atomic E-state index is 0.278. The lowest BCUT2D eigenvalue weighted by atomic mass is 10.1. The molecule has 3 rings (SSSR count). The summed E-state index contributed by atoms with van der Waals surface area (Å²) in [6.07, 6.45) is 5.34. The van der Waals surface area contributed by atoms with Gasteiger partial charge in [-0.25, -0.2) is 14.8 Å². The molecule has 0 aliphatic carbocycles. The molecule has 1 aromatic carbocycles. The van der Waals surface area contributed by atoms with Crippen LogP contribution < -0.4 is 0 Å². The molecule has 0 bridgehead atoms. The van der Waals surface area contributed by atoms with Crippen molar-refractivity contribution in [1.29, 1.82) is 0 Å². The molecular formula is C14H12N4O2S. The first-order valence-electron chi connectivity index (χ1n) is 6.22. The van der Waals surface area contributed by atoms with Crippen molar-refractivity contribution in [2.24, 2.45) is 0 Å². The van der Waals surface area contributed by atoms with Crippen LogP contribution in [0.4, 0.5) is 0 Å². The summed E-state index contributed by atoms with van der Waals surface area (Å²) < 4.78 is 1.79. The van der Waals surface area contributed by atoms with Crippen LogP contribution >= 0.6 is 11.8 Å². The highest BCUT2D eigenvalue weighted by molar-refractivity contribution is 7.98. The average Bonchev–Trinajstić information content (AvgIpc) is 2.90. The average molecular weight is 300 g/mol. The molecule has 7 heteroatoms. The maximum absolute atomic E-state index is 10.8. The summed E-state index contributed by atoms with van der Waals surface area (Å²) in [5.74, 6) is -0.925. The van der Waals surface area contributed by atoms with Crippen molar-refractivity contribution in [3.63, 3.8) is 0 Å². The van der Waals surface area contributed by atoms with E-state index < -0.39 is 5.97 Å². The summed E-state index contributed by atoms with van der Waals surface area (Å²) >= 11 is 1.53. The Kier molecular flexibility index (Phi) is 3.57. The maximum atomic E-state index is 10.8. The van der Waals surface area contributed by atoms with E-state index in [0.29, 0.717) is 6.54 Å². The lowest BCUT2D eigenvalue weighted by molar-refractivity contribution is 0.0697. The number of nitrogens with zero attached hydrogens (tertiary/aromatic N) is 4. The Bertz CT molecular complexity index is 798. The zero-order valence-corrected chi connectivity index (χ0v) is 12.0. The molecule has 2 heterocycles. The fourth-order valence-electron chi connectivity index (χ4n) is 2.03. The topological polar surface area (TPSA) is 80.9 Å². The standard InChI is InChI=1S/C14H12N4O2S/c1-21-13-12-11(15-8-16-13)7-18(17-12)6-9-2-4-10(5-3-9)14(19)20/h2-5,7-8H,6H2,1H3,(H,19,20). The summed E-state index contributed by atoms with van der Waals surface area (Å²) in [4.78, 5) is 19.2. The van der Waals surface area contributed by atoms with Gasteiger partial charge in [-0.05, 0) is 24.0 Å². The van der Waals surface area contributed by atoms with Crippen LogP contribution in [0.25, 0.3) is 11.0 Å². The van der Waals surface area contributed by atoms with Gasteiger partial charge >= 0.3 is 5.97 Å². The number of carbonyl (C=O) groups is 1. The number of carboxylic acids is 1. The molecule has 0 atom stereocenters. The molecule has 0 radical (unpaired) electrons. The first kappa shape index (κ1) is 13.6. The van der Waals surface area contributed by atoms with Crippen molar-refractivity contribution in [3.8, 4) is 0 Å². The van der Waals surface area contributed by atoms with Crippen LogP contribution in [0.1, 0.15) is 15.9 Å². The van der Waals surface area contributed by atoms with Crippen molar-refractivity contribution in [1.82, 2.24) is 19.7 Å². The summed E-state index contributed by atoms with van der Waals surface area (Å²) in [6.45, 7) is 0.560. The van der Waals surface area contributed by atoms with Gasteiger partial charge in [-0.1, -0.05) is 12.1 Å². The summed E-state index contributed by atoms with van der Waals surface area (Å²) in [5.41, 5.74) is 2.84. The van der Waals surface area contributed by atoms with Crippen molar-refractivity contribution < 1.29 is 9.90 Å². The molecule has 0 aliphatic heterocycles. The SMILES string of the molecule is CSc1ncnc2cn(Cc3ccc(C(=O)O)cc3)nc12. The van der Waals surface area contributed by atoms with Gasteiger partial charge in [0.1, 0.15) is 22.4 Å². The van der Waals surface area contributed by atoms with Crippen LogP contribution in [0.5, 0.6) is 0 Å². The van der Waals surface area contributed by atoms with Crippen LogP contribution in [0, 0.1) is 0 Å². The fraction of sp³-hybridized carbons (Fsp3) is 0.143. The highest BCUT2D eigenvalue weighted by Gasteiger charge is 2.08. The number of hydrogen-bond acceptors (Lipinski definition) is 5. The van der Waals surface area contributed by atoms with Gasteiger partial charge in [-0.2, -0.15) is 5.10 Å². The Labute approximate surface area is 124 Å². The third-order valence-electron chi connectivity index (χ3n) is 3.06. The highest BCUT2D eigenvalue weighted by Crippen LogP contribution is 2.20. The summed E-state index contributed by atoms with van der Waals surface area (Å²) in [6, 6.07) is 6.76. The molecule has 2 aromatic heterocycles. The number of rotatable bonds is 4. The van der Waals surface area contributed by atoms with Crippen molar-refractivity contribution in [2.45, 2.75) is 11.6 Å². The zero-order chi connectivity index (χ0) is 14.8. The second-order valence-corrected chi connectivity index (χ2v) is 5.24. The second-order valence-electron chi connectivity index (χ2n) is 4.45. The molecule has 6 nitrogen and oxygen atoms in total. The van der Waals surface area contributed by atoms with Gasteiger partial charge in [0.2, 0.25) is 0 Å². The predicted molar refractivity (Wildman–Crippen MR) is 79.6 cm³/mol. The predicted octanol–water partition coefficient (Wildman–Crippen LogP) is 2.29. The minimum Gasteiger partial charge on any atom is -0.478 e. The molecule has 0 unspecified atom stereocenters. The van der Waals surface area contributed by atoms with E-state index in [1.54, 1.807) is 28.9 Å². The monoisotopic (exact) mass is 300 g/mol. The molecule has 0 saturated carbocycles. The minimum atomic E-state index is -0.925. The normalized spacial score (nSPS) is 10.9. The van der Waals surface area contributed by atoms with E-state index in [9.17, 15) is 4.79 Å². The van der Waals surface area contributed by atoms with E-state index in [0.717, 1.165) is 21.6 Å². The van der Waals surface area contributed by atoms with Crippen LogP contribution in [-0.4, -0.2) is 37.1 Å². The Hall–Kier alpha value is -2.41. The van der Waals surface area contributed by atoms with Crippen molar-refractivity contribution in [2.75, 3.05) is 6.26 Å². The van der Waals surface area contributed by atoms with Crippen LogP contribution in [0.3, 0.4) is 0 Å². The summed E-state index contributed by atoms with van der Waals surface area (Å²) in [7, 11) is 0. The highest BCUT2D eigenvalue weighted by atomic mass is 32.2. The molecule has 0 aliphatic rings. The number of aromatic nitrogens is 4. The van der Waals surface area contributed by atoms with Gasteiger partial charge in [-0.3, -0.25) is 4.68 Å². The van der Waals surface area contributed by atoms with Gasteiger partial charge in [0.15, 0.2) is 0 Å². The van der Waals surface area contributed by atoms with Gasteiger partial charge in [-0.15, -0.1) is 11.8 Å². The third-order valence-corrected chi connectivity index (χ3v) is 3.74. The molecular weight excluding hydrogens is 288 g/mol. The van der Waals surface area contributed by atoms with Crippen molar-refractivity contribution in [3.05, 3.63) is 47.9 Å². The number of aromatic carboxylic acids is 1. The fourth-order valence-corrected chi connectivity index (χ4v) is 2.52. The molecule has 0 amide bonds. The summed E-state index contributed by atoms with van der Waals surface area (Å²) in [5, 5.41) is 14.2. The van der Waals surface area contributed by atoms with E-state index in [1.807, 2.05) is 12.5 Å². The van der Waals surface area contributed by atoms with E-state index in [1.165, 1.54) is 18.1 Å². The van der Waals surface area contributed by atoms with Crippen LogP contribution in [-0.2, 0) is 6.54 Å². The molecule has 0 spiro atoms. The first-order valence-corrected chi connectivity index (χ1v) is 7.44. The molecule has 0 fully saturated rings. The number of hydrogen-bond donors (Lipinski definition) is 1. The van der Waals surface area contributed by atoms with Gasteiger partial charge in [0, 0.05) is 0 Å². The second kappa shape index (κ2) is 5.53. The molecule has 106 valence electrons. The number of carboxylic acid groups (broad SMARTS) is 1. The van der Waals surface area contributed by atoms with Crippen LogP contribution in [0.2, 0.25) is 0 Å². The Morgan fingerprint density at radius 2 is 2.05 bits per heavy atom. The van der Waals surface area contributed by atoms with Gasteiger partial charge < -0.3 is 5.11 Å². The molecule has 0 saturated heterocycles. The molecule has 3 aromatic rings. The Morgan fingerprint density at radius 3 is 2.71 bits per heavy atom.